The molecule has 0 radical (unpaired) electrons. The number of benzene rings is 1. The van der Waals surface area contributed by atoms with Crippen LogP contribution in [-0.4, -0.2) is 63.8 Å². The number of hydrogen-bond acceptors (Lipinski definition) is 7. The highest BCUT2D eigenvalue weighted by atomic mass is 32.1. The third-order valence-electron chi connectivity index (χ3n) is 5.58. The summed E-state index contributed by atoms with van der Waals surface area (Å²) in [5.41, 5.74) is 2.22. The Labute approximate surface area is 185 Å². The predicted octanol–water partition coefficient (Wildman–Crippen LogP) is 2.36. The van der Waals surface area contributed by atoms with Gasteiger partial charge in [-0.25, -0.2) is 9.59 Å². The molecule has 164 valence electrons. The minimum atomic E-state index is -0.503. The standard InChI is InChI=1S/C22H26N4O4S/c1-29-16-7-5-15(6-8-16)26-11-9-25(10-12-26)14-17-19(21(27)30-2)20(24-22(28)23-17)18-4-3-13-31-18/h3-8,13,20H,9-12,14H2,1-2H3,(H2,23,24,28)/t20-/m0/s1. The SMILES string of the molecule is COC(=O)C1=C(CN2CCN(c3ccc(OC)cc3)CC2)NC(=O)N[C@H]1c1cccs1. The third kappa shape index (κ3) is 4.67. The molecule has 2 aromatic rings. The van der Waals surface area contributed by atoms with Crippen LogP contribution < -0.4 is 20.3 Å². The quantitative estimate of drug-likeness (QED) is 0.669. The van der Waals surface area contributed by atoms with Gasteiger partial charge in [0.1, 0.15) is 5.75 Å². The number of urea groups is 1. The lowest BCUT2D eigenvalue weighted by atomic mass is 10.0. The molecule has 0 bridgehead atoms. The number of ether oxygens (including phenoxy) is 2. The minimum absolute atomic E-state index is 0.307. The summed E-state index contributed by atoms with van der Waals surface area (Å²) >= 11 is 1.50. The third-order valence-corrected chi connectivity index (χ3v) is 6.52. The number of nitrogens with one attached hydrogen (secondary N) is 2. The summed E-state index contributed by atoms with van der Waals surface area (Å²) in [4.78, 5) is 30.4. The van der Waals surface area contributed by atoms with Crippen molar-refractivity contribution in [1.29, 1.82) is 0 Å². The zero-order chi connectivity index (χ0) is 21.8. The monoisotopic (exact) mass is 442 g/mol. The van der Waals surface area contributed by atoms with Crippen molar-refractivity contribution in [1.82, 2.24) is 15.5 Å². The summed E-state index contributed by atoms with van der Waals surface area (Å²) in [6.45, 7) is 3.82. The van der Waals surface area contributed by atoms with E-state index in [1.54, 1.807) is 7.11 Å². The number of hydrogen-bond donors (Lipinski definition) is 2. The Kier molecular flexibility index (Phi) is 6.43. The van der Waals surface area contributed by atoms with Crippen molar-refractivity contribution in [2.45, 2.75) is 6.04 Å². The van der Waals surface area contributed by atoms with Crippen LogP contribution in [0.25, 0.3) is 0 Å². The van der Waals surface area contributed by atoms with Crippen molar-refractivity contribution in [2.75, 3.05) is 51.8 Å². The van der Waals surface area contributed by atoms with Gasteiger partial charge in [-0.05, 0) is 35.7 Å². The van der Waals surface area contributed by atoms with Crippen molar-refractivity contribution < 1.29 is 19.1 Å². The molecule has 2 amide bonds. The van der Waals surface area contributed by atoms with Crippen molar-refractivity contribution in [2.24, 2.45) is 0 Å². The Bertz CT molecular complexity index is 950. The first-order valence-corrected chi connectivity index (χ1v) is 11.0. The van der Waals surface area contributed by atoms with Gasteiger partial charge in [-0.15, -0.1) is 11.3 Å². The van der Waals surface area contributed by atoms with Gasteiger partial charge in [-0.3, -0.25) is 4.90 Å². The second-order valence-electron chi connectivity index (χ2n) is 7.39. The fourth-order valence-corrected chi connectivity index (χ4v) is 4.73. The minimum Gasteiger partial charge on any atom is -0.497 e. The molecule has 0 unspecified atom stereocenters. The Morgan fingerprint density at radius 1 is 1.13 bits per heavy atom. The van der Waals surface area contributed by atoms with Crippen LogP contribution >= 0.6 is 11.3 Å². The van der Waals surface area contributed by atoms with Gasteiger partial charge in [0, 0.05) is 49.0 Å². The molecule has 0 spiro atoms. The number of rotatable bonds is 6. The molecule has 1 fully saturated rings. The van der Waals surface area contributed by atoms with E-state index in [0.717, 1.165) is 42.5 Å². The van der Waals surface area contributed by atoms with E-state index >= 15 is 0 Å². The van der Waals surface area contributed by atoms with E-state index in [-0.39, 0.29) is 6.03 Å². The molecule has 1 atom stereocenters. The summed E-state index contributed by atoms with van der Waals surface area (Å²) in [7, 11) is 3.02. The fourth-order valence-electron chi connectivity index (χ4n) is 3.94. The lowest BCUT2D eigenvalue weighted by molar-refractivity contribution is -0.136. The number of methoxy groups -OCH3 is 2. The molecule has 8 nitrogen and oxygen atoms in total. The van der Waals surface area contributed by atoms with E-state index < -0.39 is 12.0 Å². The highest BCUT2D eigenvalue weighted by molar-refractivity contribution is 7.10. The van der Waals surface area contributed by atoms with Gasteiger partial charge in [-0.1, -0.05) is 6.07 Å². The Morgan fingerprint density at radius 3 is 2.48 bits per heavy atom. The zero-order valence-corrected chi connectivity index (χ0v) is 18.4. The fraction of sp³-hybridized carbons (Fsp3) is 0.364. The molecule has 2 aliphatic rings. The topological polar surface area (TPSA) is 83.1 Å². The maximum Gasteiger partial charge on any atom is 0.338 e. The Balaban J connectivity index is 1.48. The normalized spacial score (nSPS) is 19.6. The van der Waals surface area contributed by atoms with E-state index in [4.69, 9.17) is 9.47 Å². The second-order valence-corrected chi connectivity index (χ2v) is 8.37. The molecular formula is C22H26N4O4S. The number of carbonyl (C=O) groups is 2. The summed E-state index contributed by atoms with van der Waals surface area (Å²) in [5.74, 6) is 0.407. The van der Waals surface area contributed by atoms with Gasteiger partial charge in [0.2, 0.25) is 0 Å². The van der Waals surface area contributed by atoms with Crippen molar-refractivity contribution >= 4 is 29.0 Å². The van der Waals surface area contributed by atoms with Gasteiger partial charge in [0.25, 0.3) is 0 Å². The van der Waals surface area contributed by atoms with Crippen LogP contribution in [0.1, 0.15) is 10.9 Å². The first-order chi connectivity index (χ1) is 15.1. The Hall–Kier alpha value is -3.04. The van der Waals surface area contributed by atoms with Gasteiger partial charge >= 0.3 is 12.0 Å². The Morgan fingerprint density at radius 2 is 1.87 bits per heavy atom. The van der Waals surface area contributed by atoms with Crippen molar-refractivity contribution in [3.05, 3.63) is 57.9 Å². The van der Waals surface area contributed by atoms with Crippen molar-refractivity contribution in [3.63, 3.8) is 0 Å². The van der Waals surface area contributed by atoms with Crippen LogP contribution in [0.3, 0.4) is 0 Å². The number of thiophene rings is 1. The molecule has 2 N–H and O–H groups in total. The van der Waals surface area contributed by atoms with Gasteiger partial charge in [0.15, 0.2) is 0 Å². The number of carbonyl (C=O) groups excluding carboxylic acids is 2. The van der Waals surface area contributed by atoms with E-state index in [1.807, 2.05) is 29.6 Å². The molecule has 31 heavy (non-hydrogen) atoms. The zero-order valence-electron chi connectivity index (χ0n) is 17.6. The number of esters is 1. The van der Waals surface area contributed by atoms with Gasteiger partial charge < -0.3 is 25.0 Å². The van der Waals surface area contributed by atoms with Crippen LogP contribution in [0.2, 0.25) is 0 Å². The average molecular weight is 443 g/mol. The molecule has 1 aromatic heterocycles. The summed E-state index contributed by atoms with van der Waals surface area (Å²) in [6.07, 6.45) is 0. The second kappa shape index (κ2) is 9.40. The lowest BCUT2D eigenvalue weighted by Gasteiger charge is -2.37. The van der Waals surface area contributed by atoms with E-state index in [1.165, 1.54) is 18.4 Å². The molecule has 9 heteroatoms. The number of piperazine rings is 1. The molecule has 0 aliphatic carbocycles. The van der Waals surface area contributed by atoms with Crippen molar-refractivity contribution in [3.8, 4) is 5.75 Å². The average Bonchev–Trinajstić information content (AvgIpc) is 3.34. The molecule has 0 saturated carbocycles. The summed E-state index contributed by atoms with van der Waals surface area (Å²) < 4.78 is 10.3. The van der Waals surface area contributed by atoms with Gasteiger partial charge in [0.05, 0.1) is 25.8 Å². The highest BCUT2D eigenvalue weighted by Gasteiger charge is 2.35. The maximum absolute atomic E-state index is 12.6. The molecule has 1 saturated heterocycles. The first kappa shape index (κ1) is 21.2. The van der Waals surface area contributed by atoms with Crippen LogP contribution in [0, 0.1) is 0 Å². The smallest absolute Gasteiger partial charge is 0.338 e. The van der Waals surface area contributed by atoms with Crippen LogP contribution in [0.4, 0.5) is 10.5 Å². The number of amides is 2. The molecule has 4 rings (SSSR count). The molecule has 3 heterocycles. The van der Waals surface area contributed by atoms with E-state index in [2.05, 4.69) is 32.6 Å². The number of anilines is 1. The molecular weight excluding hydrogens is 416 g/mol. The largest absolute Gasteiger partial charge is 0.497 e. The summed E-state index contributed by atoms with van der Waals surface area (Å²) in [5, 5.41) is 7.62. The summed E-state index contributed by atoms with van der Waals surface area (Å²) in [6, 6.07) is 11.1. The van der Waals surface area contributed by atoms with E-state index in [0.29, 0.717) is 17.8 Å². The van der Waals surface area contributed by atoms with Crippen LogP contribution in [-0.2, 0) is 9.53 Å². The van der Waals surface area contributed by atoms with Crippen LogP contribution in [0.15, 0.2) is 53.0 Å². The van der Waals surface area contributed by atoms with Crippen LogP contribution in [0.5, 0.6) is 5.75 Å². The lowest BCUT2D eigenvalue weighted by Crippen LogP contribution is -2.51. The highest BCUT2D eigenvalue weighted by Crippen LogP contribution is 2.31. The molecule has 2 aliphatic heterocycles. The molecule has 1 aromatic carbocycles. The van der Waals surface area contributed by atoms with Gasteiger partial charge in [-0.2, -0.15) is 0 Å². The predicted molar refractivity (Wildman–Crippen MR) is 119 cm³/mol. The number of nitrogens with zero attached hydrogens (tertiary/aromatic N) is 2. The van der Waals surface area contributed by atoms with E-state index in [9.17, 15) is 9.59 Å². The maximum atomic E-state index is 12.6. The first-order valence-electron chi connectivity index (χ1n) is 10.1.